The lowest BCUT2D eigenvalue weighted by Gasteiger charge is -2.47. The van der Waals surface area contributed by atoms with Crippen LogP contribution in [0.4, 0.5) is 17.6 Å². The van der Waals surface area contributed by atoms with Crippen molar-refractivity contribution in [2.75, 3.05) is 26.3 Å². The number of aliphatic carboxylic acids is 2. The van der Waals surface area contributed by atoms with Gasteiger partial charge in [-0.3, -0.25) is 19.2 Å². The van der Waals surface area contributed by atoms with Crippen molar-refractivity contribution < 1.29 is 153 Å². The summed E-state index contributed by atoms with van der Waals surface area (Å²) in [7, 11) is 0. The summed E-state index contributed by atoms with van der Waals surface area (Å²) in [5.41, 5.74) is 6.68. The molecule has 32 heteroatoms. The quantitative estimate of drug-likeness (QED) is 0.0602. The Hall–Kier alpha value is -3.44. The molecule has 0 saturated carbocycles. The largest absolute Gasteiger partial charge is 1.00 e. The van der Waals surface area contributed by atoms with Crippen molar-refractivity contribution in [2.24, 2.45) is 0 Å². The van der Waals surface area contributed by atoms with Gasteiger partial charge in [0, 0.05) is 13.1 Å². The fourth-order valence-electron chi connectivity index (χ4n) is 4.81. The summed E-state index contributed by atoms with van der Waals surface area (Å²) >= 11 is 0. The normalized spacial score (nSPS) is 30.2. The molecule has 4 amide bonds. The van der Waals surface area contributed by atoms with E-state index in [1.165, 1.54) is 24.5 Å². The Labute approximate surface area is 346 Å². The SMILES string of the molecule is C[C@@H]([NH3+])C(=O)N[C@@H](CNC(=O)C(F)(F)[C@]1(O)O[C@@H]([C@@H](O)CO)[C@@H](O)[C@H]1O)C(=O)O.C[C@@H]([NH3+])C(=O)N[C@@H](CNC(=O)C(F)(F)[C@]1(O)O[C@H](CO)[C@H](O)[C@H](O)[C@H]1O)C(=O)O.[Cl-].[Cl-]. The van der Waals surface area contributed by atoms with Gasteiger partial charge in [0.1, 0.15) is 60.9 Å². The van der Waals surface area contributed by atoms with Gasteiger partial charge in [0.2, 0.25) is 0 Å². The second-order valence-corrected chi connectivity index (χ2v) is 13.1. The van der Waals surface area contributed by atoms with E-state index >= 15 is 0 Å². The van der Waals surface area contributed by atoms with Crippen molar-refractivity contribution >= 4 is 35.6 Å². The second-order valence-electron chi connectivity index (χ2n) is 13.1. The fraction of sp³-hybridized carbons (Fsp3) is 0.786. The predicted octanol–water partition coefficient (Wildman–Crippen LogP) is -17.8. The van der Waals surface area contributed by atoms with E-state index in [1.807, 2.05) is 10.6 Å². The Kier molecular flexibility index (Phi) is 22.6. The Bertz CT molecular complexity index is 1500. The molecule has 2 aliphatic heterocycles. The molecule has 352 valence electrons. The van der Waals surface area contributed by atoms with Crippen LogP contribution >= 0.6 is 0 Å². The van der Waals surface area contributed by atoms with Gasteiger partial charge < -0.3 is 128 Å². The minimum atomic E-state index is -4.98. The molecule has 2 rings (SSSR count). The molecule has 2 heterocycles. The lowest BCUT2D eigenvalue weighted by Crippen LogP contribution is -3.00. The van der Waals surface area contributed by atoms with Crippen molar-refractivity contribution in [1.82, 2.24) is 21.3 Å². The molecule has 0 unspecified atom stereocenters. The minimum Gasteiger partial charge on any atom is -1.00 e. The molecular weight excluding hydrogens is 887 g/mol. The number of nitrogens with one attached hydrogen (secondary N) is 4. The van der Waals surface area contributed by atoms with Gasteiger partial charge >= 0.3 is 23.8 Å². The number of carboxylic acid groups (broad SMARTS) is 2. The van der Waals surface area contributed by atoms with Crippen molar-refractivity contribution in [2.45, 2.75) is 110 Å². The standard InChI is InChI=1S/2C14H23F2N3O10.2ClH/c1-4(17)10(24)19-5(11(25)26)2-18-12(27)13(15,16)14(28)9(23)7(22)8(29-14)6(21)3-20;1-4(17)10(24)19-5(11(25)26)2-18-12(27)13(15,16)14(28)9(23)8(22)7(21)6(3-20)29-14;;/h2*4-9,20-23,28H,2-3,17H2,1H3,(H,18,27)(H,19,24)(H,25,26);2*1H/t4-,5+,6+,7-,8+,9-,14-;4-,5+,6-,7+,8+,9-,14-;;/m11../s1. The molecular formula is C28H48Cl2F4N6O20. The van der Waals surface area contributed by atoms with Crippen molar-refractivity contribution in [3.8, 4) is 0 Å². The Balaban J connectivity index is 0. The summed E-state index contributed by atoms with van der Waals surface area (Å²) in [5, 5.41) is 121. The zero-order chi connectivity index (χ0) is 45.5. The third kappa shape index (κ3) is 12.8. The van der Waals surface area contributed by atoms with Crippen LogP contribution in [-0.4, -0.2) is 220 Å². The van der Waals surface area contributed by atoms with Crippen molar-refractivity contribution in [3.63, 3.8) is 0 Å². The summed E-state index contributed by atoms with van der Waals surface area (Å²) in [6.45, 7) is -1.63. The van der Waals surface area contributed by atoms with Gasteiger partial charge in [-0.25, -0.2) is 9.59 Å². The van der Waals surface area contributed by atoms with Crippen LogP contribution in [0.15, 0.2) is 0 Å². The molecule has 0 spiro atoms. The molecule has 22 N–H and O–H groups in total. The van der Waals surface area contributed by atoms with Crippen molar-refractivity contribution in [1.29, 1.82) is 0 Å². The Morgan fingerprint density at radius 1 is 0.683 bits per heavy atom. The monoisotopic (exact) mass is 934 g/mol. The van der Waals surface area contributed by atoms with Crippen LogP contribution in [0.5, 0.6) is 0 Å². The maximum absolute atomic E-state index is 14.5. The summed E-state index contributed by atoms with van der Waals surface area (Å²) < 4.78 is 66.8. The highest BCUT2D eigenvalue weighted by Crippen LogP contribution is 2.42. The predicted molar refractivity (Wildman–Crippen MR) is 170 cm³/mol. The third-order valence-electron chi connectivity index (χ3n) is 8.44. The lowest BCUT2D eigenvalue weighted by molar-refractivity contribution is -0.401. The number of carboxylic acids is 2. The van der Waals surface area contributed by atoms with Crippen molar-refractivity contribution in [3.05, 3.63) is 0 Å². The molecule has 0 radical (unpaired) electrons. The summed E-state index contributed by atoms with van der Waals surface area (Å²) in [6.07, 6.45) is -18.4. The summed E-state index contributed by atoms with van der Waals surface area (Å²) in [5.74, 6) is -27.6. The maximum Gasteiger partial charge on any atom is 0.379 e. The highest BCUT2D eigenvalue weighted by Gasteiger charge is 2.72. The molecule has 14 atom stereocenters. The van der Waals surface area contributed by atoms with E-state index in [1.54, 1.807) is 0 Å². The minimum absolute atomic E-state index is 0. The van der Waals surface area contributed by atoms with Crippen LogP contribution in [0.1, 0.15) is 13.8 Å². The van der Waals surface area contributed by atoms with Gasteiger partial charge in [0.25, 0.3) is 35.2 Å². The Morgan fingerprint density at radius 3 is 1.35 bits per heavy atom. The van der Waals surface area contributed by atoms with E-state index in [9.17, 15) is 87.2 Å². The van der Waals surface area contributed by atoms with E-state index in [2.05, 4.69) is 20.9 Å². The lowest BCUT2D eigenvalue weighted by atomic mass is 9.88. The van der Waals surface area contributed by atoms with Gasteiger partial charge in [-0.15, -0.1) is 0 Å². The molecule has 2 saturated heterocycles. The van der Waals surface area contributed by atoms with Crippen LogP contribution in [0.2, 0.25) is 0 Å². The molecule has 26 nitrogen and oxygen atoms in total. The number of amides is 4. The molecule has 0 aliphatic carbocycles. The Morgan fingerprint density at radius 2 is 1.03 bits per heavy atom. The molecule has 0 bridgehead atoms. The first-order valence-corrected chi connectivity index (χ1v) is 16.6. The summed E-state index contributed by atoms with van der Waals surface area (Å²) in [6, 6.07) is -5.40. The number of rotatable bonds is 17. The van der Waals surface area contributed by atoms with Gasteiger partial charge in [0.05, 0.1) is 13.2 Å². The van der Waals surface area contributed by atoms with Crippen LogP contribution in [0, 0.1) is 0 Å². The number of carbonyl (C=O) groups excluding carboxylic acids is 4. The molecule has 2 fully saturated rings. The van der Waals surface area contributed by atoms with Gasteiger partial charge in [-0.05, 0) is 13.8 Å². The first kappa shape index (κ1) is 58.7. The second kappa shape index (κ2) is 23.1. The average Bonchev–Trinajstić information content (AvgIpc) is 3.39. The third-order valence-corrected chi connectivity index (χ3v) is 8.44. The van der Waals surface area contributed by atoms with E-state index in [4.69, 9.17) is 20.4 Å². The molecule has 0 aromatic heterocycles. The number of aliphatic hydroxyl groups is 10. The van der Waals surface area contributed by atoms with E-state index < -0.39 is 158 Å². The number of aliphatic hydroxyl groups excluding tert-OH is 8. The van der Waals surface area contributed by atoms with E-state index in [-0.39, 0.29) is 24.8 Å². The average molecular weight is 936 g/mol. The number of halogens is 6. The molecule has 0 aromatic rings. The smallest absolute Gasteiger partial charge is 0.379 e. The molecule has 0 aromatic carbocycles. The maximum atomic E-state index is 14.5. The van der Waals surface area contributed by atoms with E-state index in [0.717, 1.165) is 0 Å². The first-order chi connectivity index (χ1) is 26.4. The zero-order valence-electron chi connectivity index (χ0n) is 31.1. The number of hydrogen-bond donors (Lipinski definition) is 18. The van der Waals surface area contributed by atoms with Gasteiger partial charge in [0.15, 0.2) is 12.1 Å². The zero-order valence-corrected chi connectivity index (χ0v) is 32.6. The number of carbonyl (C=O) groups is 6. The van der Waals surface area contributed by atoms with Crippen LogP contribution < -0.4 is 57.5 Å². The van der Waals surface area contributed by atoms with Gasteiger partial charge in [-0.1, -0.05) is 0 Å². The number of hydrogen-bond acceptors (Lipinski definition) is 18. The number of alkyl halides is 4. The van der Waals surface area contributed by atoms with E-state index in [0.29, 0.717) is 0 Å². The topological polar surface area (TPSA) is 467 Å². The highest BCUT2D eigenvalue weighted by atomic mass is 35.5. The fourth-order valence-corrected chi connectivity index (χ4v) is 4.81. The van der Waals surface area contributed by atoms with Crippen LogP contribution in [-0.2, 0) is 38.2 Å². The van der Waals surface area contributed by atoms with Crippen LogP contribution in [0.3, 0.4) is 0 Å². The highest BCUT2D eigenvalue weighted by molar-refractivity contribution is 5.89. The van der Waals surface area contributed by atoms with Crippen LogP contribution in [0.25, 0.3) is 0 Å². The molecule has 2 aliphatic rings. The number of ether oxygens (including phenoxy) is 2. The molecule has 60 heavy (non-hydrogen) atoms. The van der Waals surface area contributed by atoms with Gasteiger partial charge in [-0.2, -0.15) is 17.6 Å². The first-order valence-electron chi connectivity index (χ1n) is 16.6. The summed E-state index contributed by atoms with van der Waals surface area (Å²) in [4.78, 5) is 69.0. The number of quaternary nitrogens is 2.